The summed E-state index contributed by atoms with van der Waals surface area (Å²) in [6.45, 7) is 5.97. The molecule has 1 amide bonds. The fraction of sp³-hybridized carbons (Fsp3) is 0.192. The van der Waals surface area contributed by atoms with Crippen LogP contribution in [0.25, 0.3) is 11.1 Å². The molecule has 0 saturated carbocycles. The molecule has 12 heteroatoms. The lowest BCUT2D eigenvalue weighted by atomic mass is 10.1. The number of rotatable bonds is 8. The van der Waals surface area contributed by atoms with E-state index in [4.69, 9.17) is 5.73 Å². The quantitative estimate of drug-likeness (QED) is 0.294. The highest BCUT2D eigenvalue weighted by Crippen LogP contribution is 2.31. The van der Waals surface area contributed by atoms with Gasteiger partial charge in [0.1, 0.15) is 5.82 Å². The van der Waals surface area contributed by atoms with Crippen LogP contribution >= 0.6 is 23.7 Å². The first-order valence-corrected chi connectivity index (χ1v) is 13.7. The summed E-state index contributed by atoms with van der Waals surface area (Å²) in [6, 6.07) is 13.5. The minimum absolute atomic E-state index is 0. The van der Waals surface area contributed by atoms with Crippen molar-refractivity contribution in [3.05, 3.63) is 97.7 Å². The van der Waals surface area contributed by atoms with Crippen LogP contribution in [-0.2, 0) is 27.8 Å². The Labute approximate surface area is 231 Å². The number of hydrogen-bond donors (Lipinski definition) is 3. The maximum absolute atomic E-state index is 13.1. The molecule has 0 saturated heterocycles. The van der Waals surface area contributed by atoms with E-state index >= 15 is 0 Å². The van der Waals surface area contributed by atoms with Crippen LogP contribution in [0.4, 0.5) is 5.82 Å². The second kappa shape index (κ2) is 11.8. The number of carbonyl (C=O) groups is 1. The second-order valence-electron chi connectivity index (χ2n) is 8.64. The van der Waals surface area contributed by atoms with Gasteiger partial charge in [-0.05, 0) is 73.4 Å². The van der Waals surface area contributed by atoms with Crippen molar-refractivity contribution in [2.75, 3.05) is 10.6 Å². The molecule has 3 heterocycles. The van der Waals surface area contributed by atoms with Crippen molar-refractivity contribution in [3.63, 3.8) is 0 Å². The highest BCUT2D eigenvalue weighted by Gasteiger charge is 2.18. The van der Waals surface area contributed by atoms with Crippen LogP contribution in [0.2, 0.25) is 0 Å². The SMILES string of the molecule is Cc1cc(-c2ccc(S(=O)(=O)Nn3ccc(C)c(CC(=O)NCc4ccc(N)nc4)c3=O)cc2)c(C)s1.Cl. The summed E-state index contributed by atoms with van der Waals surface area (Å²) in [5.74, 6) is -0.00578. The van der Waals surface area contributed by atoms with Crippen LogP contribution < -0.4 is 21.4 Å². The van der Waals surface area contributed by atoms with Crippen molar-refractivity contribution >= 4 is 45.5 Å². The summed E-state index contributed by atoms with van der Waals surface area (Å²) in [4.78, 5) is 34.2. The van der Waals surface area contributed by atoms with E-state index in [0.717, 1.165) is 26.2 Å². The molecule has 38 heavy (non-hydrogen) atoms. The Kier molecular flexibility index (Phi) is 8.97. The third kappa shape index (κ3) is 6.60. The molecule has 4 N–H and O–H groups in total. The van der Waals surface area contributed by atoms with Crippen molar-refractivity contribution in [1.29, 1.82) is 0 Å². The van der Waals surface area contributed by atoms with Gasteiger partial charge in [-0.2, -0.15) is 8.42 Å². The van der Waals surface area contributed by atoms with Gasteiger partial charge in [-0.3, -0.25) is 9.59 Å². The Morgan fingerprint density at radius 1 is 1.08 bits per heavy atom. The maximum atomic E-state index is 13.1. The fourth-order valence-electron chi connectivity index (χ4n) is 3.83. The zero-order valence-corrected chi connectivity index (χ0v) is 23.5. The first-order chi connectivity index (χ1) is 17.5. The average molecular weight is 574 g/mol. The average Bonchev–Trinajstić information content (AvgIpc) is 3.21. The molecular formula is C26H28ClN5O4S2. The molecule has 4 aromatic rings. The molecule has 1 aromatic carbocycles. The molecular weight excluding hydrogens is 546 g/mol. The van der Waals surface area contributed by atoms with Crippen LogP contribution in [0.15, 0.2) is 70.6 Å². The monoisotopic (exact) mass is 573 g/mol. The zero-order valence-electron chi connectivity index (χ0n) is 21.0. The van der Waals surface area contributed by atoms with Crippen LogP contribution in [0.3, 0.4) is 0 Å². The predicted octanol–water partition coefficient (Wildman–Crippen LogP) is 3.69. The summed E-state index contributed by atoms with van der Waals surface area (Å²) in [5, 5.41) is 2.73. The predicted molar refractivity (Wildman–Crippen MR) is 153 cm³/mol. The number of benzene rings is 1. The van der Waals surface area contributed by atoms with Gasteiger partial charge in [0.25, 0.3) is 15.6 Å². The summed E-state index contributed by atoms with van der Waals surface area (Å²) in [7, 11) is -4.05. The molecule has 0 fully saturated rings. The van der Waals surface area contributed by atoms with Gasteiger partial charge in [0.2, 0.25) is 5.91 Å². The Bertz CT molecular complexity index is 1610. The van der Waals surface area contributed by atoms with Crippen LogP contribution in [0.1, 0.15) is 26.4 Å². The van der Waals surface area contributed by atoms with E-state index in [0.29, 0.717) is 11.4 Å². The molecule has 4 rings (SSSR count). The van der Waals surface area contributed by atoms with Crippen molar-refractivity contribution in [1.82, 2.24) is 15.0 Å². The molecule has 0 aliphatic heterocycles. The number of amides is 1. The number of sulfonamides is 1. The van der Waals surface area contributed by atoms with Gasteiger partial charge in [0, 0.05) is 34.3 Å². The minimum Gasteiger partial charge on any atom is -0.384 e. The number of pyridine rings is 2. The molecule has 3 aromatic heterocycles. The van der Waals surface area contributed by atoms with Gasteiger partial charge in [0.15, 0.2) is 0 Å². The number of aromatic nitrogens is 2. The smallest absolute Gasteiger partial charge is 0.275 e. The second-order valence-corrected chi connectivity index (χ2v) is 11.8. The number of nitrogen functional groups attached to an aromatic ring is 1. The number of aryl methyl sites for hydroxylation is 3. The van der Waals surface area contributed by atoms with E-state index in [1.165, 1.54) is 23.2 Å². The summed E-state index contributed by atoms with van der Waals surface area (Å²) < 4.78 is 26.9. The van der Waals surface area contributed by atoms with Gasteiger partial charge in [0.05, 0.1) is 11.3 Å². The lowest BCUT2D eigenvalue weighted by Crippen LogP contribution is -2.36. The first kappa shape index (κ1) is 28.9. The topological polar surface area (TPSA) is 136 Å². The normalized spacial score (nSPS) is 11.0. The highest BCUT2D eigenvalue weighted by atomic mass is 35.5. The molecule has 9 nitrogen and oxygen atoms in total. The maximum Gasteiger partial charge on any atom is 0.275 e. The standard InChI is InChI=1S/C26H27N5O4S2.ClH/c1-16-10-11-31(26(33)22(16)13-25(32)29-15-19-4-9-24(27)28-14-19)30-37(34,35)21-7-5-20(6-8-21)23-12-17(2)36-18(23)3;/h4-12,14,30H,13,15H2,1-3H3,(H2,27,28)(H,29,32);1H. The number of hydrogen-bond acceptors (Lipinski definition) is 7. The largest absolute Gasteiger partial charge is 0.384 e. The van der Waals surface area contributed by atoms with Gasteiger partial charge in [-0.1, -0.05) is 18.2 Å². The summed E-state index contributed by atoms with van der Waals surface area (Å²) in [6.07, 6.45) is 2.69. The molecule has 0 aliphatic rings. The minimum atomic E-state index is -4.05. The van der Waals surface area contributed by atoms with E-state index in [1.54, 1.807) is 54.8 Å². The molecule has 0 spiro atoms. The van der Waals surface area contributed by atoms with Gasteiger partial charge in [-0.15, -0.1) is 23.7 Å². The van der Waals surface area contributed by atoms with Crippen LogP contribution in [0.5, 0.6) is 0 Å². The molecule has 0 bridgehead atoms. The Morgan fingerprint density at radius 2 is 1.79 bits per heavy atom. The zero-order chi connectivity index (χ0) is 26.7. The van der Waals surface area contributed by atoms with E-state index in [1.807, 2.05) is 13.8 Å². The van der Waals surface area contributed by atoms with Crippen molar-refractivity contribution in [2.45, 2.75) is 38.6 Å². The third-order valence-corrected chi connectivity index (χ3v) is 8.13. The Morgan fingerprint density at radius 3 is 2.39 bits per heavy atom. The Hall–Kier alpha value is -3.67. The van der Waals surface area contributed by atoms with Gasteiger partial charge < -0.3 is 11.1 Å². The molecule has 0 unspecified atom stereocenters. The van der Waals surface area contributed by atoms with Gasteiger partial charge in [-0.25, -0.2) is 14.5 Å². The highest BCUT2D eigenvalue weighted by molar-refractivity contribution is 7.92. The van der Waals surface area contributed by atoms with Crippen molar-refractivity contribution < 1.29 is 13.2 Å². The number of thiophene rings is 1. The van der Waals surface area contributed by atoms with Crippen LogP contribution in [-0.4, -0.2) is 24.0 Å². The third-order valence-electron chi connectivity index (χ3n) is 5.84. The number of carbonyl (C=O) groups excluding carboxylic acids is 1. The fourth-order valence-corrected chi connectivity index (χ4v) is 5.78. The number of nitrogens with one attached hydrogen (secondary N) is 2. The van der Waals surface area contributed by atoms with E-state index in [-0.39, 0.29) is 41.7 Å². The van der Waals surface area contributed by atoms with Crippen LogP contribution in [0, 0.1) is 20.8 Å². The number of anilines is 1. The lowest BCUT2D eigenvalue weighted by Gasteiger charge is -2.14. The summed E-state index contributed by atoms with van der Waals surface area (Å²) in [5.41, 5.74) is 8.45. The number of nitrogens with two attached hydrogens (primary N) is 1. The van der Waals surface area contributed by atoms with Gasteiger partial charge >= 0.3 is 0 Å². The number of halogens is 1. The van der Waals surface area contributed by atoms with E-state index < -0.39 is 15.6 Å². The van der Waals surface area contributed by atoms with E-state index in [9.17, 15) is 18.0 Å². The number of nitrogens with zero attached hydrogens (tertiary/aromatic N) is 2. The molecule has 200 valence electrons. The molecule has 0 atom stereocenters. The Balaban J connectivity index is 0.00000400. The van der Waals surface area contributed by atoms with E-state index in [2.05, 4.69) is 21.2 Å². The first-order valence-electron chi connectivity index (χ1n) is 11.4. The lowest BCUT2D eigenvalue weighted by molar-refractivity contribution is -0.120. The van der Waals surface area contributed by atoms with Crippen molar-refractivity contribution in [2.24, 2.45) is 0 Å². The summed E-state index contributed by atoms with van der Waals surface area (Å²) >= 11 is 1.68. The molecule has 0 aliphatic carbocycles. The van der Waals surface area contributed by atoms with Crippen molar-refractivity contribution in [3.8, 4) is 11.1 Å². The molecule has 0 radical (unpaired) electrons.